The van der Waals surface area contributed by atoms with Gasteiger partial charge in [-0.25, -0.2) is 0 Å². The predicted octanol–water partition coefficient (Wildman–Crippen LogP) is 4.03. The molecule has 1 aliphatic rings. The van der Waals surface area contributed by atoms with E-state index in [1.54, 1.807) is 6.07 Å². The number of aromatic hydroxyl groups is 1. The van der Waals surface area contributed by atoms with E-state index in [1.165, 1.54) is 11.1 Å². The molecular formula is C17H19NOS. The van der Waals surface area contributed by atoms with E-state index in [-0.39, 0.29) is 6.04 Å². The van der Waals surface area contributed by atoms with E-state index in [2.05, 4.69) is 42.6 Å². The quantitative estimate of drug-likeness (QED) is 0.893. The maximum atomic E-state index is 9.59. The van der Waals surface area contributed by atoms with Gasteiger partial charge in [0.2, 0.25) is 0 Å². The van der Waals surface area contributed by atoms with Gasteiger partial charge in [0.1, 0.15) is 5.75 Å². The Labute approximate surface area is 124 Å². The summed E-state index contributed by atoms with van der Waals surface area (Å²) in [7, 11) is 0. The summed E-state index contributed by atoms with van der Waals surface area (Å²) in [5.41, 5.74) is 3.97. The SMILES string of the molecule is CC(NC1CSCc2ccccc21)c1cccc(O)c1. The van der Waals surface area contributed by atoms with Crippen LogP contribution in [0.2, 0.25) is 0 Å². The van der Waals surface area contributed by atoms with Crippen molar-refractivity contribution >= 4 is 11.8 Å². The lowest BCUT2D eigenvalue weighted by Crippen LogP contribution is -2.29. The van der Waals surface area contributed by atoms with Crippen LogP contribution in [0, 0.1) is 0 Å². The summed E-state index contributed by atoms with van der Waals surface area (Å²) in [6, 6.07) is 16.8. The number of rotatable bonds is 3. The molecule has 3 rings (SSSR count). The third kappa shape index (κ3) is 2.84. The lowest BCUT2D eigenvalue weighted by Gasteiger charge is -2.29. The summed E-state index contributed by atoms with van der Waals surface area (Å²) >= 11 is 1.97. The number of phenolic OH excluding ortho intramolecular Hbond substituents is 1. The number of hydrogen-bond donors (Lipinski definition) is 2. The average molecular weight is 285 g/mol. The molecule has 0 saturated heterocycles. The molecule has 2 nitrogen and oxygen atoms in total. The molecule has 0 amide bonds. The highest BCUT2D eigenvalue weighted by Crippen LogP contribution is 2.33. The Kier molecular flexibility index (Phi) is 3.99. The van der Waals surface area contributed by atoms with Crippen LogP contribution in [0.3, 0.4) is 0 Å². The first-order valence-electron chi connectivity index (χ1n) is 6.94. The van der Waals surface area contributed by atoms with Gasteiger partial charge in [0.15, 0.2) is 0 Å². The number of benzene rings is 2. The second kappa shape index (κ2) is 5.90. The zero-order valence-electron chi connectivity index (χ0n) is 11.5. The Bertz CT molecular complexity index is 599. The smallest absolute Gasteiger partial charge is 0.115 e. The summed E-state index contributed by atoms with van der Waals surface area (Å²) in [5.74, 6) is 2.53. The van der Waals surface area contributed by atoms with E-state index in [9.17, 15) is 5.11 Å². The van der Waals surface area contributed by atoms with E-state index < -0.39 is 0 Å². The van der Waals surface area contributed by atoms with E-state index >= 15 is 0 Å². The van der Waals surface area contributed by atoms with Crippen LogP contribution < -0.4 is 5.32 Å². The van der Waals surface area contributed by atoms with Crippen LogP contribution in [-0.2, 0) is 5.75 Å². The van der Waals surface area contributed by atoms with E-state index in [0.29, 0.717) is 11.8 Å². The second-order valence-corrected chi connectivity index (χ2v) is 6.28. The monoisotopic (exact) mass is 285 g/mol. The van der Waals surface area contributed by atoms with E-state index in [0.717, 1.165) is 17.1 Å². The molecule has 0 fully saturated rings. The van der Waals surface area contributed by atoms with Gasteiger partial charge in [-0.1, -0.05) is 36.4 Å². The molecule has 0 saturated carbocycles. The van der Waals surface area contributed by atoms with Crippen molar-refractivity contribution in [2.75, 3.05) is 5.75 Å². The number of nitrogens with one attached hydrogen (secondary N) is 1. The fraction of sp³-hybridized carbons (Fsp3) is 0.294. The summed E-state index contributed by atoms with van der Waals surface area (Å²) in [6.07, 6.45) is 0. The topological polar surface area (TPSA) is 32.3 Å². The average Bonchev–Trinajstić information content (AvgIpc) is 2.47. The molecule has 2 aromatic rings. The zero-order valence-corrected chi connectivity index (χ0v) is 12.4. The van der Waals surface area contributed by atoms with Crippen molar-refractivity contribution in [2.45, 2.75) is 24.8 Å². The summed E-state index contributed by atoms with van der Waals surface area (Å²) in [4.78, 5) is 0. The molecular weight excluding hydrogens is 266 g/mol. The predicted molar refractivity (Wildman–Crippen MR) is 85.0 cm³/mol. The normalized spacial score (nSPS) is 19.4. The van der Waals surface area contributed by atoms with Gasteiger partial charge < -0.3 is 10.4 Å². The van der Waals surface area contributed by atoms with Gasteiger partial charge in [0.05, 0.1) is 0 Å². The third-order valence-corrected chi connectivity index (χ3v) is 4.88. The highest BCUT2D eigenvalue weighted by molar-refractivity contribution is 7.98. The summed E-state index contributed by atoms with van der Waals surface area (Å²) in [5, 5.41) is 13.3. The van der Waals surface area contributed by atoms with Crippen LogP contribution in [0.25, 0.3) is 0 Å². The fourth-order valence-electron chi connectivity index (χ4n) is 2.71. The highest BCUT2D eigenvalue weighted by Gasteiger charge is 2.21. The second-order valence-electron chi connectivity index (χ2n) is 5.25. The van der Waals surface area contributed by atoms with Gasteiger partial charge in [-0.3, -0.25) is 0 Å². The van der Waals surface area contributed by atoms with Gasteiger partial charge in [-0.05, 0) is 35.7 Å². The van der Waals surface area contributed by atoms with Gasteiger partial charge in [0, 0.05) is 23.6 Å². The van der Waals surface area contributed by atoms with Gasteiger partial charge >= 0.3 is 0 Å². The lowest BCUT2D eigenvalue weighted by atomic mass is 10.00. The molecule has 0 spiro atoms. The lowest BCUT2D eigenvalue weighted by molar-refractivity contribution is 0.466. The molecule has 1 aliphatic heterocycles. The van der Waals surface area contributed by atoms with Crippen molar-refractivity contribution in [3.63, 3.8) is 0 Å². The molecule has 3 heteroatoms. The first-order chi connectivity index (χ1) is 9.74. The standard InChI is InChI=1S/C17H19NOS/c1-12(13-6-4-7-15(19)9-13)18-17-11-20-10-14-5-2-3-8-16(14)17/h2-9,12,17-19H,10-11H2,1H3. The number of phenols is 1. The molecule has 0 aromatic heterocycles. The largest absolute Gasteiger partial charge is 0.508 e. The van der Waals surface area contributed by atoms with Gasteiger partial charge in [0.25, 0.3) is 0 Å². The fourth-order valence-corrected chi connectivity index (χ4v) is 3.82. The van der Waals surface area contributed by atoms with E-state index in [1.807, 2.05) is 23.9 Å². The van der Waals surface area contributed by atoms with Crippen molar-refractivity contribution in [1.82, 2.24) is 5.32 Å². The Morgan fingerprint density at radius 1 is 1.20 bits per heavy atom. The van der Waals surface area contributed by atoms with Crippen LogP contribution in [0.4, 0.5) is 0 Å². The minimum atomic E-state index is 0.221. The van der Waals surface area contributed by atoms with Crippen molar-refractivity contribution < 1.29 is 5.11 Å². The van der Waals surface area contributed by atoms with Crippen molar-refractivity contribution in [1.29, 1.82) is 0 Å². The molecule has 2 atom stereocenters. The Hall–Kier alpha value is -1.45. The molecule has 104 valence electrons. The molecule has 2 unspecified atom stereocenters. The Morgan fingerprint density at radius 3 is 2.90 bits per heavy atom. The summed E-state index contributed by atoms with van der Waals surface area (Å²) in [6.45, 7) is 2.15. The first kappa shape index (κ1) is 13.5. The zero-order chi connectivity index (χ0) is 13.9. The Morgan fingerprint density at radius 2 is 2.05 bits per heavy atom. The molecule has 2 N–H and O–H groups in total. The summed E-state index contributed by atoms with van der Waals surface area (Å²) < 4.78 is 0. The van der Waals surface area contributed by atoms with Crippen molar-refractivity contribution in [3.8, 4) is 5.75 Å². The molecule has 0 radical (unpaired) electrons. The van der Waals surface area contributed by atoms with Crippen LogP contribution in [-0.4, -0.2) is 10.9 Å². The Balaban J connectivity index is 1.79. The first-order valence-corrected chi connectivity index (χ1v) is 8.10. The van der Waals surface area contributed by atoms with Crippen molar-refractivity contribution in [3.05, 3.63) is 65.2 Å². The van der Waals surface area contributed by atoms with Crippen LogP contribution in [0.5, 0.6) is 5.75 Å². The minimum absolute atomic E-state index is 0.221. The molecule has 1 heterocycles. The minimum Gasteiger partial charge on any atom is -0.508 e. The maximum absolute atomic E-state index is 9.59. The molecule has 20 heavy (non-hydrogen) atoms. The van der Waals surface area contributed by atoms with E-state index in [4.69, 9.17) is 0 Å². The number of thioether (sulfide) groups is 1. The maximum Gasteiger partial charge on any atom is 0.115 e. The molecule has 0 bridgehead atoms. The van der Waals surface area contributed by atoms with Gasteiger partial charge in [-0.15, -0.1) is 0 Å². The van der Waals surface area contributed by atoms with Crippen molar-refractivity contribution in [2.24, 2.45) is 0 Å². The molecule has 2 aromatic carbocycles. The van der Waals surface area contributed by atoms with Crippen LogP contribution in [0.15, 0.2) is 48.5 Å². The third-order valence-electron chi connectivity index (χ3n) is 3.79. The molecule has 0 aliphatic carbocycles. The number of fused-ring (bicyclic) bond motifs is 1. The highest BCUT2D eigenvalue weighted by atomic mass is 32.2. The number of hydrogen-bond acceptors (Lipinski definition) is 3. The van der Waals surface area contributed by atoms with Crippen LogP contribution >= 0.6 is 11.8 Å². The van der Waals surface area contributed by atoms with Crippen LogP contribution in [0.1, 0.15) is 35.7 Å². The van der Waals surface area contributed by atoms with Gasteiger partial charge in [-0.2, -0.15) is 11.8 Å².